The number of benzene rings is 3. The largest absolute Gasteiger partial charge is 0.433 e. The molecule has 0 amide bonds. The van der Waals surface area contributed by atoms with E-state index in [-0.39, 0.29) is 6.10 Å². The Labute approximate surface area is 206 Å². The van der Waals surface area contributed by atoms with E-state index < -0.39 is 30.6 Å². The van der Waals surface area contributed by atoms with Crippen molar-refractivity contribution < 1.29 is 28.5 Å². The van der Waals surface area contributed by atoms with E-state index in [1.54, 1.807) is 0 Å². The molecule has 0 spiro atoms. The highest BCUT2D eigenvalue weighted by Gasteiger charge is 2.48. The van der Waals surface area contributed by atoms with Gasteiger partial charge in [-0.05, 0) is 23.6 Å². The zero-order valence-electron chi connectivity index (χ0n) is 20.1. The highest BCUT2D eigenvalue weighted by atomic mass is 16.7. The van der Waals surface area contributed by atoms with Gasteiger partial charge in [-0.3, -0.25) is 4.79 Å². The van der Waals surface area contributed by atoms with Crippen LogP contribution in [0.15, 0.2) is 91.0 Å². The molecular formula is C29H32O6. The van der Waals surface area contributed by atoms with Gasteiger partial charge in [-0.1, -0.05) is 91.0 Å². The molecule has 0 N–H and O–H groups in total. The van der Waals surface area contributed by atoms with Crippen molar-refractivity contribution in [3.05, 3.63) is 108 Å². The van der Waals surface area contributed by atoms with E-state index in [9.17, 15) is 4.79 Å². The molecule has 1 aliphatic heterocycles. The van der Waals surface area contributed by atoms with Crippen LogP contribution in [0.1, 0.15) is 30.5 Å². The Bertz CT molecular complexity index is 1030. The van der Waals surface area contributed by atoms with Crippen molar-refractivity contribution in [1.29, 1.82) is 0 Å². The number of rotatable bonds is 10. The molecule has 0 radical (unpaired) electrons. The van der Waals surface area contributed by atoms with Crippen LogP contribution in [0.25, 0.3) is 0 Å². The second kappa shape index (κ2) is 12.6. The fraction of sp³-hybridized carbons (Fsp3) is 0.345. The Balaban J connectivity index is 1.57. The molecule has 184 valence electrons. The molecule has 5 atom stereocenters. The predicted molar refractivity (Wildman–Crippen MR) is 131 cm³/mol. The lowest BCUT2D eigenvalue weighted by atomic mass is 9.98. The van der Waals surface area contributed by atoms with E-state index >= 15 is 0 Å². The van der Waals surface area contributed by atoms with Crippen LogP contribution in [-0.4, -0.2) is 36.7 Å². The lowest BCUT2D eigenvalue weighted by Crippen LogP contribution is -2.60. The summed E-state index contributed by atoms with van der Waals surface area (Å²) < 4.78 is 30.7. The third kappa shape index (κ3) is 7.23. The molecule has 0 saturated carbocycles. The van der Waals surface area contributed by atoms with E-state index in [0.29, 0.717) is 19.8 Å². The third-order valence-corrected chi connectivity index (χ3v) is 5.87. The smallest absolute Gasteiger partial charge is 0.305 e. The number of hydrogen-bond acceptors (Lipinski definition) is 6. The van der Waals surface area contributed by atoms with Crippen molar-refractivity contribution in [2.75, 3.05) is 0 Å². The standard InChI is InChI=1S/C29H32O6/c1-21-26(31-18-23-12-6-3-7-13-23)27(32-19-24-14-8-4-9-15-24)28(29(34-21)35-22(2)30)33-20-25-16-10-5-11-17-25/h3-17,21,26-29H,18-20H2,1-2H3/t21-,26+,27+,28-,29-/m1/s1. The molecule has 6 nitrogen and oxygen atoms in total. The maximum absolute atomic E-state index is 11.9. The van der Waals surface area contributed by atoms with Crippen molar-refractivity contribution in [3.8, 4) is 0 Å². The maximum Gasteiger partial charge on any atom is 0.305 e. The van der Waals surface area contributed by atoms with Crippen LogP contribution in [0, 0.1) is 0 Å². The SMILES string of the molecule is CC(=O)O[C@H]1O[C@H](C)[C@H](OCc2ccccc2)[C@H](OCc2ccccc2)[C@H]1OCc1ccccc1. The zero-order chi connectivity index (χ0) is 24.5. The fourth-order valence-corrected chi connectivity index (χ4v) is 4.13. The van der Waals surface area contributed by atoms with Gasteiger partial charge < -0.3 is 23.7 Å². The first-order chi connectivity index (χ1) is 17.1. The van der Waals surface area contributed by atoms with Crippen molar-refractivity contribution in [2.45, 2.75) is 64.4 Å². The molecule has 3 aromatic carbocycles. The fourth-order valence-electron chi connectivity index (χ4n) is 4.13. The molecule has 1 fully saturated rings. The first-order valence-electron chi connectivity index (χ1n) is 11.9. The summed E-state index contributed by atoms with van der Waals surface area (Å²) in [4.78, 5) is 11.9. The van der Waals surface area contributed by atoms with Gasteiger partial charge in [-0.15, -0.1) is 0 Å². The minimum atomic E-state index is -0.913. The highest BCUT2D eigenvalue weighted by Crippen LogP contribution is 2.31. The van der Waals surface area contributed by atoms with Crippen molar-refractivity contribution >= 4 is 5.97 Å². The molecule has 0 unspecified atom stereocenters. The van der Waals surface area contributed by atoms with Gasteiger partial charge in [-0.25, -0.2) is 0 Å². The summed E-state index contributed by atoms with van der Waals surface area (Å²) in [5.74, 6) is -0.444. The van der Waals surface area contributed by atoms with Gasteiger partial charge in [-0.2, -0.15) is 0 Å². The van der Waals surface area contributed by atoms with Crippen LogP contribution in [0.5, 0.6) is 0 Å². The molecule has 0 bridgehead atoms. The summed E-state index contributed by atoms with van der Waals surface area (Å²) in [6, 6.07) is 29.7. The molecule has 0 aromatic heterocycles. The number of carbonyl (C=O) groups is 1. The average molecular weight is 477 g/mol. The van der Waals surface area contributed by atoms with E-state index in [1.165, 1.54) is 6.92 Å². The molecular weight excluding hydrogens is 444 g/mol. The molecule has 4 rings (SSSR count). The van der Waals surface area contributed by atoms with E-state index in [4.69, 9.17) is 23.7 Å². The van der Waals surface area contributed by atoms with Gasteiger partial charge in [0.1, 0.15) is 18.3 Å². The Morgan fingerprint density at radius 3 is 1.49 bits per heavy atom. The number of esters is 1. The summed E-state index contributed by atoms with van der Waals surface area (Å²) in [7, 11) is 0. The van der Waals surface area contributed by atoms with E-state index in [2.05, 4.69) is 0 Å². The van der Waals surface area contributed by atoms with Crippen LogP contribution in [-0.2, 0) is 48.3 Å². The monoisotopic (exact) mass is 476 g/mol. The summed E-state index contributed by atoms with van der Waals surface area (Å²) in [6.45, 7) is 4.34. The number of hydrogen-bond donors (Lipinski definition) is 0. The predicted octanol–water partition coefficient (Wildman–Crippen LogP) is 5.05. The molecule has 1 aliphatic rings. The topological polar surface area (TPSA) is 63.2 Å². The minimum Gasteiger partial charge on any atom is -0.433 e. The van der Waals surface area contributed by atoms with Gasteiger partial charge >= 0.3 is 5.97 Å². The van der Waals surface area contributed by atoms with E-state index in [0.717, 1.165) is 16.7 Å². The average Bonchev–Trinajstić information content (AvgIpc) is 2.88. The molecule has 6 heteroatoms. The van der Waals surface area contributed by atoms with Gasteiger partial charge in [0.25, 0.3) is 0 Å². The second-order valence-electron chi connectivity index (χ2n) is 8.60. The zero-order valence-corrected chi connectivity index (χ0v) is 20.1. The maximum atomic E-state index is 11.9. The number of carbonyl (C=O) groups excluding carboxylic acids is 1. The number of ether oxygens (including phenoxy) is 5. The Morgan fingerprint density at radius 1 is 0.657 bits per heavy atom. The van der Waals surface area contributed by atoms with Gasteiger partial charge in [0.05, 0.1) is 25.9 Å². The summed E-state index contributed by atoms with van der Waals surface area (Å²) >= 11 is 0. The van der Waals surface area contributed by atoms with E-state index in [1.807, 2.05) is 97.9 Å². The van der Waals surface area contributed by atoms with Crippen molar-refractivity contribution in [1.82, 2.24) is 0 Å². The molecule has 3 aromatic rings. The minimum absolute atomic E-state index is 0.317. The molecule has 0 aliphatic carbocycles. The first kappa shape index (κ1) is 25.1. The Kier molecular flexibility index (Phi) is 9.03. The summed E-state index contributed by atoms with van der Waals surface area (Å²) in [6.07, 6.45) is -2.95. The molecule has 1 saturated heterocycles. The lowest BCUT2D eigenvalue weighted by Gasteiger charge is -2.44. The van der Waals surface area contributed by atoms with Crippen LogP contribution < -0.4 is 0 Å². The summed E-state index contributed by atoms with van der Waals surface area (Å²) in [5.41, 5.74) is 3.07. The van der Waals surface area contributed by atoms with Crippen LogP contribution in [0.2, 0.25) is 0 Å². The van der Waals surface area contributed by atoms with Gasteiger partial charge in [0.2, 0.25) is 6.29 Å². The first-order valence-corrected chi connectivity index (χ1v) is 11.9. The normalized spacial score (nSPS) is 24.1. The van der Waals surface area contributed by atoms with Crippen molar-refractivity contribution in [3.63, 3.8) is 0 Å². The quantitative estimate of drug-likeness (QED) is 0.382. The lowest BCUT2D eigenvalue weighted by molar-refractivity contribution is -0.311. The van der Waals surface area contributed by atoms with Crippen LogP contribution in [0.4, 0.5) is 0 Å². The Morgan fingerprint density at radius 2 is 1.06 bits per heavy atom. The molecule has 1 heterocycles. The van der Waals surface area contributed by atoms with Crippen molar-refractivity contribution in [2.24, 2.45) is 0 Å². The highest BCUT2D eigenvalue weighted by molar-refractivity contribution is 5.66. The van der Waals surface area contributed by atoms with Gasteiger partial charge in [0.15, 0.2) is 0 Å². The molecule has 35 heavy (non-hydrogen) atoms. The second-order valence-corrected chi connectivity index (χ2v) is 8.60. The van der Waals surface area contributed by atoms with Gasteiger partial charge in [0, 0.05) is 6.92 Å². The van der Waals surface area contributed by atoms with Crippen LogP contribution in [0.3, 0.4) is 0 Å². The van der Waals surface area contributed by atoms with Crippen LogP contribution >= 0.6 is 0 Å². The Hall–Kier alpha value is -3.03. The third-order valence-electron chi connectivity index (χ3n) is 5.87. The summed E-state index contributed by atoms with van der Waals surface area (Å²) in [5, 5.41) is 0.